The molecule has 0 saturated carbocycles. The van der Waals surface area contributed by atoms with E-state index in [-0.39, 0.29) is 27.8 Å². The van der Waals surface area contributed by atoms with E-state index < -0.39 is 28.0 Å². The van der Waals surface area contributed by atoms with E-state index in [9.17, 15) is 22.8 Å². The number of thiophene rings is 1. The molecular weight excluding hydrogens is 460 g/mol. The Morgan fingerprint density at radius 2 is 1.91 bits per heavy atom. The molecule has 14 heteroatoms. The molecule has 2 heterocycles. The zero-order valence-electron chi connectivity index (χ0n) is 17.6. The second kappa shape index (κ2) is 10.9. The van der Waals surface area contributed by atoms with E-state index in [0.29, 0.717) is 13.0 Å². The van der Waals surface area contributed by atoms with Gasteiger partial charge in [-0.2, -0.15) is 0 Å². The Hall–Kier alpha value is -3.23. The third-order valence-corrected chi connectivity index (χ3v) is 7.19. The first-order valence-electron chi connectivity index (χ1n) is 9.24. The van der Waals surface area contributed by atoms with Gasteiger partial charge in [-0.15, -0.1) is 11.3 Å². The van der Waals surface area contributed by atoms with Gasteiger partial charge in [0.05, 0.1) is 18.8 Å². The molecule has 12 nitrogen and oxygen atoms in total. The Kier molecular flexibility index (Phi) is 8.51. The number of anilines is 1. The zero-order valence-corrected chi connectivity index (χ0v) is 19.3. The van der Waals surface area contributed by atoms with Gasteiger partial charge in [-0.3, -0.25) is 10.1 Å². The van der Waals surface area contributed by atoms with Crippen molar-refractivity contribution < 1.29 is 27.5 Å². The Morgan fingerprint density at radius 1 is 1.19 bits per heavy atom. The highest BCUT2D eigenvalue weighted by Crippen LogP contribution is 2.26. The summed E-state index contributed by atoms with van der Waals surface area (Å²) in [5.41, 5.74) is 6.30. The molecule has 0 unspecified atom stereocenters. The molecule has 2 aromatic rings. The third-order valence-electron chi connectivity index (χ3n) is 4.08. The number of aryl methyl sites for hydroxylation is 1. The number of ether oxygens (including phenoxy) is 1. The summed E-state index contributed by atoms with van der Waals surface area (Å²) in [6.45, 7) is 2.00. The fourth-order valence-corrected chi connectivity index (χ4v) is 5.00. The van der Waals surface area contributed by atoms with Gasteiger partial charge in [0.15, 0.2) is 0 Å². The van der Waals surface area contributed by atoms with Gasteiger partial charge < -0.3 is 21.1 Å². The molecule has 0 aliphatic rings. The first kappa shape index (κ1) is 25.0. The van der Waals surface area contributed by atoms with Crippen molar-refractivity contribution in [3.63, 3.8) is 0 Å². The zero-order chi connectivity index (χ0) is 23.9. The fraction of sp³-hybridized carbons (Fsp3) is 0.333. The lowest BCUT2D eigenvalue weighted by Gasteiger charge is -2.10. The van der Waals surface area contributed by atoms with E-state index in [1.54, 1.807) is 14.0 Å². The highest BCUT2D eigenvalue weighted by atomic mass is 32.2. The van der Waals surface area contributed by atoms with Gasteiger partial charge in [0.1, 0.15) is 10.0 Å². The highest BCUT2D eigenvalue weighted by Gasteiger charge is 2.21. The topological polar surface area (TPSA) is 182 Å². The standard InChI is InChI=1S/C18H24N6O6S2/c1-10-6-15(31-13(10)4-5-30-3)32(28,29)24-18(27)21-9-12-7-11(16(19)25)8-14(22-12)23-17(26)20-2/h6-8H,4-5,9H2,1-3H3,(H2,19,25)(H2,21,24,27)(H2,20,22,23,26). The van der Waals surface area contributed by atoms with Crippen LogP contribution < -0.4 is 26.4 Å². The Labute approximate surface area is 189 Å². The molecule has 0 fully saturated rings. The SMILES string of the molecule is CNC(=O)Nc1cc(C(N)=O)cc(CNC(=O)NS(=O)(=O)c2cc(C)c(CCOC)s2)n1. The predicted octanol–water partition coefficient (Wildman–Crippen LogP) is 0.679. The number of primary amides is 1. The number of nitrogens with zero attached hydrogens (tertiary/aromatic N) is 1. The van der Waals surface area contributed by atoms with Crippen LogP contribution in [0.5, 0.6) is 0 Å². The number of nitrogens with one attached hydrogen (secondary N) is 4. The number of sulfonamides is 1. The van der Waals surface area contributed by atoms with Crippen molar-refractivity contribution in [3.8, 4) is 0 Å². The number of nitrogens with two attached hydrogens (primary N) is 1. The van der Waals surface area contributed by atoms with E-state index >= 15 is 0 Å². The molecule has 0 aromatic carbocycles. The van der Waals surface area contributed by atoms with Crippen molar-refractivity contribution in [2.75, 3.05) is 26.1 Å². The van der Waals surface area contributed by atoms with Crippen LogP contribution in [0.4, 0.5) is 15.4 Å². The van der Waals surface area contributed by atoms with Crippen molar-refractivity contribution in [1.82, 2.24) is 20.3 Å². The highest BCUT2D eigenvalue weighted by molar-refractivity contribution is 7.92. The largest absolute Gasteiger partial charge is 0.384 e. The van der Waals surface area contributed by atoms with Crippen LogP contribution in [0.15, 0.2) is 22.4 Å². The van der Waals surface area contributed by atoms with E-state index in [0.717, 1.165) is 21.8 Å². The predicted molar refractivity (Wildman–Crippen MR) is 118 cm³/mol. The van der Waals surface area contributed by atoms with Gasteiger partial charge in [0.25, 0.3) is 10.0 Å². The van der Waals surface area contributed by atoms with Crippen molar-refractivity contribution in [2.24, 2.45) is 5.73 Å². The molecule has 6 N–H and O–H groups in total. The quantitative estimate of drug-likeness (QED) is 0.347. The number of hydrogen-bond acceptors (Lipinski definition) is 8. The van der Waals surface area contributed by atoms with Gasteiger partial charge in [-0.1, -0.05) is 0 Å². The molecule has 0 bridgehead atoms. The van der Waals surface area contributed by atoms with Crippen LogP contribution in [-0.2, 0) is 27.7 Å². The number of hydrogen-bond donors (Lipinski definition) is 5. The van der Waals surface area contributed by atoms with E-state index in [2.05, 4.69) is 20.9 Å². The first-order chi connectivity index (χ1) is 15.1. The molecule has 0 saturated heterocycles. The van der Waals surface area contributed by atoms with E-state index in [4.69, 9.17) is 10.5 Å². The summed E-state index contributed by atoms with van der Waals surface area (Å²) < 4.78 is 32.0. The van der Waals surface area contributed by atoms with E-state index in [1.165, 1.54) is 25.2 Å². The minimum Gasteiger partial charge on any atom is -0.384 e. The van der Waals surface area contributed by atoms with Crippen LogP contribution in [0.2, 0.25) is 0 Å². The number of urea groups is 2. The van der Waals surface area contributed by atoms with Crippen LogP contribution in [0.25, 0.3) is 0 Å². The maximum atomic E-state index is 12.5. The van der Waals surface area contributed by atoms with Crippen LogP contribution >= 0.6 is 11.3 Å². The normalized spacial score (nSPS) is 11.0. The minimum atomic E-state index is -4.08. The number of aromatic nitrogens is 1. The Morgan fingerprint density at radius 3 is 2.53 bits per heavy atom. The van der Waals surface area contributed by atoms with Crippen LogP contribution in [-0.4, -0.2) is 52.1 Å². The summed E-state index contributed by atoms with van der Waals surface area (Å²) in [5, 5.41) is 7.08. The van der Waals surface area contributed by atoms with E-state index in [1.807, 2.05) is 4.72 Å². The fourth-order valence-electron chi connectivity index (χ4n) is 2.51. The maximum absolute atomic E-state index is 12.5. The molecule has 0 radical (unpaired) electrons. The van der Waals surface area contributed by atoms with Crippen LogP contribution in [0, 0.1) is 6.92 Å². The average molecular weight is 485 g/mol. The number of methoxy groups -OCH3 is 1. The number of carbonyl (C=O) groups is 3. The molecule has 0 aliphatic heterocycles. The second-order valence-corrected chi connectivity index (χ2v) is 9.55. The maximum Gasteiger partial charge on any atom is 0.329 e. The molecule has 32 heavy (non-hydrogen) atoms. The molecule has 2 rings (SSSR count). The smallest absolute Gasteiger partial charge is 0.329 e. The van der Waals surface area contributed by atoms with Crippen LogP contribution in [0.1, 0.15) is 26.5 Å². The number of rotatable bonds is 9. The van der Waals surface area contributed by atoms with Crippen molar-refractivity contribution in [1.29, 1.82) is 0 Å². The minimum absolute atomic E-state index is 0.00201. The number of pyridine rings is 1. The summed E-state index contributed by atoms with van der Waals surface area (Å²) >= 11 is 1.06. The van der Waals surface area contributed by atoms with Gasteiger partial charge in [-0.25, -0.2) is 27.7 Å². The summed E-state index contributed by atoms with van der Waals surface area (Å²) in [4.78, 5) is 40.1. The van der Waals surface area contributed by atoms with Crippen molar-refractivity contribution in [2.45, 2.75) is 24.1 Å². The van der Waals surface area contributed by atoms with Crippen LogP contribution in [0.3, 0.4) is 0 Å². The summed E-state index contributed by atoms with van der Waals surface area (Å²) in [7, 11) is -1.13. The van der Waals surface area contributed by atoms with Gasteiger partial charge in [0, 0.05) is 31.0 Å². The lowest BCUT2D eigenvalue weighted by atomic mass is 10.2. The lowest BCUT2D eigenvalue weighted by molar-refractivity contribution is 0.1000. The molecule has 5 amide bonds. The van der Waals surface area contributed by atoms with Crippen molar-refractivity contribution in [3.05, 3.63) is 39.9 Å². The monoisotopic (exact) mass is 484 g/mol. The molecule has 0 atom stereocenters. The first-order valence-corrected chi connectivity index (χ1v) is 11.5. The average Bonchev–Trinajstić information content (AvgIpc) is 3.11. The van der Waals surface area contributed by atoms with Gasteiger partial charge in [0.2, 0.25) is 5.91 Å². The molecule has 2 aromatic heterocycles. The summed E-state index contributed by atoms with van der Waals surface area (Å²) in [6, 6.07) is 2.52. The lowest BCUT2D eigenvalue weighted by Crippen LogP contribution is -2.39. The van der Waals surface area contributed by atoms with Gasteiger partial charge >= 0.3 is 12.1 Å². The Balaban J connectivity index is 2.08. The molecule has 0 aliphatic carbocycles. The summed E-state index contributed by atoms with van der Waals surface area (Å²) in [6.07, 6.45) is 0.559. The number of amides is 5. The third kappa shape index (κ3) is 6.90. The molecular formula is C18H24N6O6S2. The Bertz CT molecular complexity index is 1120. The molecule has 0 spiro atoms. The number of carbonyl (C=O) groups excluding carboxylic acids is 3. The van der Waals surface area contributed by atoms with Gasteiger partial charge in [-0.05, 0) is 30.7 Å². The second-order valence-electron chi connectivity index (χ2n) is 6.50. The summed E-state index contributed by atoms with van der Waals surface area (Å²) in [5.74, 6) is -0.735. The molecule has 174 valence electrons. The van der Waals surface area contributed by atoms with Crippen molar-refractivity contribution >= 4 is 45.1 Å².